The molecule has 2 heterocycles. The van der Waals surface area contributed by atoms with E-state index in [0.717, 1.165) is 22.6 Å². The Morgan fingerprint density at radius 1 is 1.32 bits per heavy atom. The molecular weight excluding hydrogens is 240 g/mol. The number of nitrogens with two attached hydrogens (primary N) is 1. The van der Waals surface area contributed by atoms with Crippen LogP contribution in [0, 0.1) is 5.41 Å². The third kappa shape index (κ3) is 2.26. The molecule has 3 aromatic rings. The van der Waals surface area contributed by atoms with Gasteiger partial charge in [-0.05, 0) is 42.5 Å². The summed E-state index contributed by atoms with van der Waals surface area (Å²) in [6.45, 7) is 0. The van der Waals surface area contributed by atoms with Crippen molar-refractivity contribution >= 4 is 29.0 Å². The second-order valence-corrected chi connectivity index (χ2v) is 4.12. The van der Waals surface area contributed by atoms with Crippen molar-refractivity contribution in [3.63, 3.8) is 0 Å². The van der Waals surface area contributed by atoms with E-state index in [1.54, 1.807) is 12.3 Å². The maximum Gasteiger partial charge on any atom is 0.131 e. The van der Waals surface area contributed by atoms with Gasteiger partial charge in [0.15, 0.2) is 0 Å². The number of nitrogens with one attached hydrogen (secondary N) is 2. The first kappa shape index (κ1) is 11.3. The highest BCUT2D eigenvalue weighted by Gasteiger charge is 2.03. The van der Waals surface area contributed by atoms with E-state index in [1.807, 2.05) is 36.4 Å². The number of aromatic nitrogens is 2. The predicted molar refractivity (Wildman–Crippen MR) is 74.7 cm³/mol. The lowest BCUT2D eigenvalue weighted by molar-refractivity contribution is 0.557. The first-order chi connectivity index (χ1) is 9.22. The molecule has 2 aromatic heterocycles. The summed E-state index contributed by atoms with van der Waals surface area (Å²) in [6, 6.07) is 9.14. The highest BCUT2D eigenvalue weighted by atomic mass is 16.3. The summed E-state index contributed by atoms with van der Waals surface area (Å²) in [5.41, 5.74) is 7.83. The molecule has 0 radical (unpaired) electrons. The van der Waals surface area contributed by atoms with E-state index in [2.05, 4.69) is 9.97 Å². The maximum atomic E-state index is 7.41. The molecule has 5 nitrogen and oxygen atoms in total. The monoisotopic (exact) mass is 252 g/mol. The van der Waals surface area contributed by atoms with Crippen molar-refractivity contribution in [1.29, 1.82) is 5.41 Å². The van der Waals surface area contributed by atoms with Gasteiger partial charge in [-0.25, -0.2) is 4.98 Å². The van der Waals surface area contributed by atoms with Crippen molar-refractivity contribution in [1.82, 2.24) is 9.97 Å². The fraction of sp³-hybridized carbons (Fsp3) is 0. The lowest BCUT2D eigenvalue weighted by Crippen LogP contribution is -2.10. The largest absolute Gasteiger partial charge is 0.465 e. The molecule has 0 fully saturated rings. The Morgan fingerprint density at radius 3 is 2.95 bits per heavy atom. The zero-order chi connectivity index (χ0) is 13.2. The van der Waals surface area contributed by atoms with Gasteiger partial charge in [0, 0.05) is 5.56 Å². The number of aromatic amines is 1. The number of H-pyrrole nitrogens is 1. The molecule has 0 atom stereocenters. The molecule has 94 valence electrons. The molecule has 0 aliphatic carbocycles. The second kappa shape index (κ2) is 4.45. The Bertz CT molecular complexity index is 753. The van der Waals surface area contributed by atoms with Crippen molar-refractivity contribution in [3.8, 4) is 0 Å². The number of imidazole rings is 1. The van der Waals surface area contributed by atoms with Gasteiger partial charge in [-0.3, -0.25) is 5.41 Å². The predicted octanol–water partition coefficient (Wildman–Crippen LogP) is 2.61. The number of benzene rings is 1. The molecule has 3 rings (SSSR count). The van der Waals surface area contributed by atoms with Gasteiger partial charge in [-0.1, -0.05) is 0 Å². The van der Waals surface area contributed by atoms with Crippen molar-refractivity contribution in [3.05, 3.63) is 53.7 Å². The number of nitrogen functional groups attached to an aromatic ring is 1. The molecule has 0 amide bonds. The number of hydrogen-bond donors (Lipinski definition) is 3. The van der Waals surface area contributed by atoms with Crippen LogP contribution in [-0.4, -0.2) is 15.8 Å². The third-order valence-corrected chi connectivity index (χ3v) is 2.76. The summed E-state index contributed by atoms with van der Waals surface area (Å²) >= 11 is 0. The minimum Gasteiger partial charge on any atom is -0.465 e. The molecular formula is C14H12N4O. The number of rotatable bonds is 3. The average Bonchev–Trinajstić information content (AvgIpc) is 3.04. The van der Waals surface area contributed by atoms with Crippen LogP contribution in [0.3, 0.4) is 0 Å². The summed E-state index contributed by atoms with van der Waals surface area (Å²) in [7, 11) is 0. The number of hydrogen-bond acceptors (Lipinski definition) is 3. The van der Waals surface area contributed by atoms with Gasteiger partial charge in [0.2, 0.25) is 0 Å². The highest BCUT2D eigenvalue weighted by molar-refractivity contribution is 5.98. The fourth-order valence-electron chi connectivity index (χ4n) is 1.82. The third-order valence-electron chi connectivity index (χ3n) is 2.76. The van der Waals surface area contributed by atoms with E-state index in [0.29, 0.717) is 5.56 Å². The van der Waals surface area contributed by atoms with Crippen molar-refractivity contribution < 1.29 is 4.42 Å². The van der Waals surface area contributed by atoms with Crippen LogP contribution in [0.1, 0.15) is 17.1 Å². The van der Waals surface area contributed by atoms with E-state index in [4.69, 9.17) is 15.6 Å². The molecule has 19 heavy (non-hydrogen) atoms. The minimum atomic E-state index is 0.0455. The van der Waals surface area contributed by atoms with Gasteiger partial charge in [-0.15, -0.1) is 0 Å². The Labute approximate surface area is 109 Å². The lowest BCUT2D eigenvalue weighted by Gasteiger charge is -1.96. The van der Waals surface area contributed by atoms with Crippen LogP contribution in [0.25, 0.3) is 23.2 Å². The van der Waals surface area contributed by atoms with Crippen LogP contribution in [0.15, 0.2) is 41.0 Å². The molecule has 0 aliphatic heterocycles. The average molecular weight is 252 g/mol. The van der Waals surface area contributed by atoms with Gasteiger partial charge in [-0.2, -0.15) is 0 Å². The Kier molecular flexibility index (Phi) is 2.64. The smallest absolute Gasteiger partial charge is 0.131 e. The van der Waals surface area contributed by atoms with Gasteiger partial charge < -0.3 is 15.1 Å². The van der Waals surface area contributed by atoms with E-state index in [-0.39, 0.29) is 5.84 Å². The Morgan fingerprint density at radius 2 is 2.21 bits per heavy atom. The van der Waals surface area contributed by atoms with Gasteiger partial charge in [0.05, 0.1) is 17.3 Å². The molecule has 5 heteroatoms. The summed E-state index contributed by atoms with van der Waals surface area (Å²) in [6.07, 6.45) is 5.30. The first-order valence-electron chi connectivity index (χ1n) is 5.78. The molecule has 4 N–H and O–H groups in total. The van der Waals surface area contributed by atoms with Crippen LogP contribution in [-0.2, 0) is 0 Å². The summed E-state index contributed by atoms with van der Waals surface area (Å²) in [5.74, 6) is 1.54. The number of fused-ring (bicyclic) bond motifs is 1. The second-order valence-electron chi connectivity index (χ2n) is 4.12. The number of amidine groups is 1. The van der Waals surface area contributed by atoms with Crippen molar-refractivity contribution in [2.45, 2.75) is 0 Å². The molecule has 0 saturated carbocycles. The molecule has 0 aliphatic rings. The summed E-state index contributed by atoms with van der Waals surface area (Å²) in [5, 5.41) is 7.41. The zero-order valence-electron chi connectivity index (χ0n) is 10.1. The van der Waals surface area contributed by atoms with Gasteiger partial charge in [0.25, 0.3) is 0 Å². The van der Waals surface area contributed by atoms with Crippen LogP contribution in [0.5, 0.6) is 0 Å². The fourth-order valence-corrected chi connectivity index (χ4v) is 1.82. The standard InChI is InChI=1S/C14H12N4O/c15-14(16)9-3-5-11-12(8-9)18-13(17-11)6-4-10-2-1-7-19-10/h1-8H,(H3,15,16)(H,17,18)/b6-4+. The summed E-state index contributed by atoms with van der Waals surface area (Å²) in [4.78, 5) is 7.58. The lowest BCUT2D eigenvalue weighted by atomic mass is 10.2. The minimum absolute atomic E-state index is 0.0455. The summed E-state index contributed by atoms with van der Waals surface area (Å²) < 4.78 is 5.21. The molecule has 0 spiro atoms. The van der Waals surface area contributed by atoms with Crippen LogP contribution in [0.4, 0.5) is 0 Å². The quantitative estimate of drug-likeness (QED) is 0.494. The molecule has 0 unspecified atom stereocenters. The molecule has 0 bridgehead atoms. The topological polar surface area (TPSA) is 91.7 Å². The normalized spacial score (nSPS) is 11.4. The van der Waals surface area contributed by atoms with E-state index >= 15 is 0 Å². The SMILES string of the molecule is N=C(N)c1ccc2nc(/C=C/c3ccco3)[nH]c2c1. The number of nitrogens with zero attached hydrogens (tertiary/aromatic N) is 1. The van der Waals surface area contributed by atoms with Crippen LogP contribution in [0.2, 0.25) is 0 Å². The molecule has 1 aromatic carbocycles. The van der Waals surface area contributed by atoms with Crippen LogP contribution < -0.4 is 5.73 Å². The van der Waals surface area contributed by atoms with Crippen LogP contribution >= 0.6 is 0 Å². The van der Waals surface area contributed by atoms with E-state index in [1.165, 1.54) is 0 Å². The highest BCUT2D eigenvalue weighted by Crippen LogP contribution is 2.15. The Hall–Kier alpha value is -2.82. The van der Waals surface area contributed by atoms with Crippen molar-refractivity contribution in [2.24, 2.45) is 5.73 Å². The van der Waals surface area contributed by atoms with E-state index in [9.17, 15) is 0 Å². The Balaban J connectivity index is 1.95. The number of furan rings is 1. The van der Waals surface area contributed by atoms with Gasteiger partial charge in [0.1, 0.15) is 17.4 Å². The molecule has 0 saturated heterocycles. The zero-order valence-corrected chi connectivity index (χ0v) is 10.1. The van der Waals surface area contributed by atoms with Crippen molar-refractivity contribution in [2.75, 3.05) is 0 Å². The van der Waals surface area contributed by atoms with E-state index < -0.39 is 0 Å². The maximum absolute atomic E-state index is 7.41. The van der Waals surface area contributed by atoms with Gasteiger partial charge >= 0.3 is 0 Å². The first-order valence-corrected chi connectivity index (χ1v) is 5.78.